The van der Waals surface area contributed by atoms with Crippen LogP contribution in [0.5, 0.6) is 0 Å². The lowest BCUT2D eigenvalue weighted by atomic mass is 9.72. The Morgan fingerprint density at radius 2 is 1.78 bits per heavy atom. The van der Waals surface area contributed by atoms with Crippen molar-refractivity contribution in [3.63, 3.8) is 0 Å². The third kappa shape index (κ3) is 8.77. The average molecular weight is 678 g/mol. The number of likely N-dealkylation sites (tertiary alicyclic amines) is 1. The number of nitrogens with two attached hydrogens (primary N) is 1. The molecule has 2 aromatic carbocycles. The smallest absolute Gasteiger partial charge is 0.316 e. The number of carbonyl (C=O) groups excluding carboxylic acids is 3. The van der Waals surface area contributed by atoms with Crippen molar-refractivity contribution < 1.29 is 33.5 Å². The minimum Gasteiger partial charge on any atom is -0.468 e. The van der Waals surface area contributed by atoms with Crippen molar-refractivity contribution in [2.24, 2.45) is 16.6 Å². The van der Waals surface area contributed by atoms with Gasteiger partial charge in [0.25, 0.3) is 5.69 Å². The Bertz CT molecular complexity index is 1520. The summed E-state index contributed by atoms with van der Waals surface area (Å²) < 4.78 is 16.4. The van der Waals surface area contributed by atoms with Crippen LogP contribution in [-0.2, 0) is 34.0 Å². The first kappa shape index (κ1) is 37.4. The summed E-state index contributed by atoms with van der Waals surface area (Å²) in [6.45, 7) is 6.98. The summed E-state index contributed by atoms with van der Waals surface area (Å²) in [5, 5.41) is 14.4. The molecule has 13 nitrogen and oxygen atoms in total. The number of methoxy groups -OCH3 is 1. The van der Waals surface area contributed by atoms with Crippen molar-refractivity contribution in [1.82, 2.24) is 10.2 Å². The van der Waals surface area contributed by atoms with Gasteiger partial charge >= 0.3 is 11.9 Å². The fourth-order valence-corrected chi connectivity index (χ4v) is 6.73. The van der Waals surface area contributed by atoms with E-state index in [-0.39, 0.29) is 37.0 Å². The zero-order valence-corrected chi connectivity index (χ0v) is 28.5. The van der Waals surface area contributed by atoms with Gasteiger partial charge in [0.05, 0.1) is 43.0 Å². The van der Waals surface area contributed by atoms with Gasteiger partial charge in [-0.15, -0.1) is 0 Å². The van der Waals surface area contributed by atoms with Gasteiger partial charge in [0.2, 0.25) is 5.91 Å². The maximum atomic E-state index is 14.0. The molecule has 2 atom stereocenters. The number of benzene rings is 2. The van der Waals surface area contributed by atoms with E-state index in [4.69, 9.17) is 24.9 Å². The first-order valence-electron chi connectivity index (χ1n) is 16.8. The number of nitrogens with zero attached hydrogens (tertiary/aromatic N) is 3. The van der Waals surface area contributed by atoms with E-state index in [1.807, 2.05) is 44.2 Å². The maximum Gasteiger partial charge on any atom is 0.316 e. The maximum absolute atomic E-state index is 14.0. The summed E-state index contributed by atoms with van der Waals surface area (Å²) in [7, 11) is 1.28. The van der Waals surface area contributed by atoms with Crippen LogP contribution in [0.3, 0.4) is 0 Å². The molecule has 0 aromatic heterocycles. The van der Waals surface area contributed by atoms with Crippen LogP contribution < -0.4 is 11.1 Å². The van der Waals surface area contributed by atoms with Gasteiger partial charge in [-0.05, 0) is 63.4 Å². The van der Waals surface area contributed by atoms with Crippen LogP contribution in [-0.4, -0.2) is 93.0 Å². The summed E-state index contributed by atoms with van der Waals surface area (Å²) in [4.78, 5) is 58.3. The van der Waals surface area contributed by atoms with Gasteiger partial charge in [-0.3, -0.25) is 29.5 Å². The zero-order valence-electron chi connectivity index (χ0n) is 28.5. The highest BCUT2D eigenvalue weighted by atomic mass is 16.6. The SMILES string of the molecule is CCOC(=O)C1(c2ccccc2)CCN(CCCNC(=O)C2=C(COCCN)N=C(CC)C(C(=O)OC)C2c2ccc([N+](=O)[O-])cc2)CC1. The molecule has 0 spiro atoms. The van der Waals surface area contributed by atoms with Crippen LogP contribution in [0.4, 0.5) is 5.69 Å². The molecule has 2 aliphatic heterocycles. The highest BCUT2D eigenvalue weighted by Gasteiger charge is 2.45. The summed E-state index contributed by atoms with van der Waals surface area (Å²) in [5.74, 6) is -2.88. The number of ether oxygens (including phenoxy) is 3. The number of rotatable bonds is 16. The number of nitro benzene ring substituents is 1. The minimum atomic E-state index is -0.909. The van der Waals surface area contributed by atoms with E-state index in [2.05, 4.69) is 10.2 Å². The van der Waals surface area contributed by atoms with E-state index < -0.39 is 34.1 Å². The van der Waals surface area contributed by atoms with Crippen molar-refractivity contribution >= 4 is 29.2 Å². The second kappa shape index (κ2) is 17.8. The van der Waals surface area contributed by atoms with Crippen molar-refractivity contribution in [3.8, 4) is 0 Å². The molecular formula is C36H47N5O8. The Morgan fingerprint density at radius 3 is 2.37 bits per heavy atom. The Balaban J connectivity index is 1.51. The van der Waals surface area contributed by atoms with Crippen LogP contribution in [0.25, 0.3) is 0 Å². The number of nitrogens with one attached hydrogen (secondary N) is 1. The number of carbonyl (C=O) groups is 3. The van der Waals surface area contributed by atoms with E-state index in [1.165, 1.54) is 19.2 Å². The van der Waals surface area contributed by atoms with Crippen LogP contribution in [0.2, 0.25) is 0 Å². The number of hydrogen-bond donors (Lipinski definition) is 2. The molecule has 264 valence electrons. The number of aliphatic imine (C=N–C) groups is 1. The van der Waals surface area contributed by atoms with E-state index >= 15 is 0 Å². The predicted octanol–water partition coefficient (Wildman–Crippen LogP) is 3.66. The summed E-state index contributed by atoms with van der Waals surface area (Å²) in [6, 6.07) is 15.6. The monoisotopic (exact) mass is 677 g/mol. The van der Waals surface area contributed by atoms with E-state index in [0.717, 1.165) is 5.56 Å². The number of amides is 1. The molecule has 2 heterocycles. The van der Waals surface area contributed by atoms with Crippen molar-refractivity contribution in [1.29, 1.82) is 0 Å². The number of esters is 2. The van der Waals surface area contributed by atoms with Gasteiger partial charge in [-0.1, -0.05) is 49.4 Å². The molecule has 2 unspecified atom stereocenters. The van der Waals surface area contributed by atoms with Crippen molar-refractivity contribution in [2.45, 2.75) is 50.9 Å². The second-order valence-electron chi connectivity index (χ2n) is 12.1. The normalized spacial score (nSPS) is 19.1. The molecule has 49 heavy (non-hydrogen) atoms. The summed E-state index contributed by atoms with van der Waals surface area (Å²) in [6.07, 6.45) is 2.31. The van der Waals surface area contributed by atoms with Crippen LogP contribution in [0.1, 0.15) is 56.6 Å². The van der Waals surface area contributed by atoms with Crippen LogP contribution in [0, 0.1) is 16.0 Å². The summed E-state index contributed by atoms with van der Waals surface area (Å²) in [5.41, 5.74) is 7.51. The molecule has 0 aliphatic carbocycles. The molecule has 0 saturated carbocycles. The Kier molecular flexibility index (Phi) is 13.6. The predicted molar refractivity (Wildman–Crippen MR) is 184 cm³/mol. The van der Waals surface area contributed by atoms with E-state index in [1.54, 1.807) is 12.1 Å². The van der Waals surface area contributed by atoms with Gasteiger partial charge in [0, 0.05) is 42.4 Å². The summed E-state index contributed by atoms with van der Waals surface area (Å²) >= 11 is 0. The molecule has 1 fully saturated rings. The molecule has 2 aromatic rings. The first-order chi connectivity index (χ1) is 23.7. The number of hydrogen-bond acceptors (Lipinski definition) is 11. The Labute approximate surface area is 287 Å². The quantitative estimate of drug-likeness (QED) is 0.115. The van der Waals surface area contributed by atoms with E-state index in [9.17, 15) is 24.5 Å². The minimum absolute atomic E-state index is 0.00175. The van der Waals surface area contributed by atoms with Crippen LogP contribution in [0.15, 0.2) is 70.9 Å². The Morgan fingerprint density at radius 1 is 1.08 bits per heavy atom. The highest BCUT2D eigenvalue weighted by molar-refractivity contribution is 6.08. The fraction of sp³-hybridized carbons (Fsp3) is 0.500. The lowest BCUT2D eigenvalue weighted by Crippen LogP contribution is -2.48. The second-order valence-corrected chi connectivity index (χ2v) is 12.1. The molecule has 0 bridgehead atoms. The third-order valence-electron chi connectivity index (χ3n) is 9.26. The molecule has 2 aliphatic rings. The Hall–Kier alpha value is -4.46. The molecule has 1 amide bonds. The topological polar surface area (TPSA) is 176 Å². The number of piperidine rings is 1. The first-order valence-corrected chi connectivity index (χ1v) is 16.8. The van der Waals surface area contributed by atoms with Gasteiger partial charge < -0.3 is 30.2 Å². The van der Waals surface area contributed by atoms with Gasteiger partial charge in [-0.2, -0.15) is 0 Å². The van der Waals surface area contributed by atoms with E-state index in [0.29, 0.717) is 75.4 Å². The van der Waals surface area contributed by atoms with Gasteiger partial charge in [0.15, 0.2) is 0 Å². The van der Waals surface area contributed by atoms with Gasteiger partial charge in [-0.25, -0.2) is 0 Å². The number of nitro groups is 1. The van der Waals surface area contributed by atoms with Gasteiger partial charge in [0.1, 0.15) is 5.92 Å². The number of non-ortho nitro benzene ring substituents is 1. The van der Waals surface area contributed by atoms with Crippen LogP contribution >= 0.6 is 0 Å². The molecule has 3 N–H and O–H groups in total. The molecular weight excluding hydrogens is 630 g/mol. The molecule has 1 saturated heterocycles. The van der Waals surface area contributed by atoms with Crippen molar-refractivity contribution in [3.05, 3.63) is 87.1 Å². The standard InChI is InChI=1S/C36H47N5O8/c1-4-28-32(34(43)47-3)30(25-12-14-27(15-13-25)41(45)46)31(29(39-28)24-48-23-18-37)33(42)38-19-9-20-40-21-16-36(17-22-40,35(44)49-5-2)26-10-7-6-8-11-26/h6-8,10-15,30,32H,4-5,9,16-24,37H2,1-3H3,(H,38,42). The average Bonchev–Trinajstić information content (AvgIpc) is 3.13. The third-order valence-corrected chi connectivity index (χ3v) is 9.26. The zero-order chi connectivity index (χ0) is 35.4. The lowest BCUT2D eigenvalue weighted by molar-refractivity contribution is -0.384. The van der Waals surface area contributed by atoms with Crippen molar-refractivity contribution in [2.75, 3.05) is 59.7 Å². The highest BCUT2D eigenvalue weighted by Crippen LogP contribution is 2.41. The molecule has 4 rings (SSSR count). The fourth-order valence-electron chi connectivity index (χ4n) is 6.73. The lowest BCUT2D eigenvalue weighted by Gasteiger charge is -2.40. The largest absolute Gasteiger partial charge is 0.468 e. The molecule has 13 heteroatoms. The molecule has 0 radical (unpaired) electrons.